The molecule has 1 aromatic carbocycles. The minimum absolute atomic E-state index is 0.310. The van der Waals surface area contributed by atoms with Crippen LogP contribution in [-0.4, -0.2) is 13.6 Å². The van der Waals surface area contributed by atoms with Crippen LogP contribution < -0.4 is 5.32 Å². The summed E-state index contributed by atoms with van der Waals surface area (Å²) in [7, 11) is 2.07. The molecule has 0 aliphatic carbocycles. The lowest BCUT2D eigenvalue weighted by Gasteiger charge is -2.34. The van der Waals surface area contributed by atoms with E-state index in [-0.39, 0.29) is 0 Å². The molecule has 0 radical (unpaired) electrons. The van der Waals surface area contributed by atoms with Crippen LogP contribution in [0.1, 0.15) is 52.0 Å². The van der Waals surface area contributed by atoms with E-state index in [2.05, 4.69) is 63.5 Å². The molecule has 0 heterocycles. The zero-order chi connectivity index (χ0) is 13.4. The Hall–Kier alpha value is -0.820. The molecule has 1 rings (SSSR count). The van der Waals surface area contributed by atoms with E-state index in [0.717, 1.165) is 12.5 Å². The van der Waals surface area contributed by atoms with Gasteiger partial charge in [0, 0.05) is 12.0 Å². The van der Waals surface area contributed by atoms with Gasteiger partial charge in [0.2, 0.25) is 0 Å². The fourth-order valence-corrected chi connectivity index (χ4v) is 2.82. The molecule has 0 fully saturated rings. The van der Waals surface area contributed by atoms with E-state index in [1.54, 1.807) is 0 Å². The van der Waals surface area contributed by atoms with E-state index in [1.807, 2.05) is 0 Å². The van der Waals surface area contributed by atoms with E-state index in [0.29, 0.717) is 5.41 Å². The van der Waals surface area contributed by atoms with Gasteiger partial charge >= 0.3 is 0 Å². The van der Waals surface area contributed by atoms with E-state index in [4.69, 9.17) is 0 Å². The van der Waals surface area contributed by atoms with Crippen LogP contribution >= 0.6 is 0 Å². The van der Waals surface area contributed by atoms with Gasteiger partial charge in [-0.15, -0.1) is 0 Å². The largest absolute Gasteiger partial charge is 0.319 e. The van der Waals surface area contributed by atoms with Crippen LogP contribution in [0.4, 0.5) is 0 Å². The summed E-state index contributed by atoms with van der Waals surface area (Å²) < 4.78 is 0. The summed E-state index contributed by atoms with van der Waals surface area (Å²) >= 11 is 0. The zero-order valence-corrected chi connectivity index (χ0v) is 12.5. The molecule has 1 unspecified atom stereocenters. The summed E-state index contributed by atoms with van der Waals surface area (Å²) in [6.07, 6.45) is 5.14. The third-order valence-corrected chi connectivity index (χ3v) is 4.01. The highest BCUT2D eigenvalue weighted by atomic mass is 14.8. The minimum atomic E-state index is 0.310. The Balaban J connectivity index is 2.80. The second-order valence-electron chi connectivity index (χ2n) is 5.82. The second kappa shape index (κ2) is 7.58. The van der Waals surface area contributed by atoms with E-state index in [1.165, 1.54) is 31.2 Å². The fourth-order valence-electron chi connectivity index (χ4n) is 2.82. The second-order valence-corrected chi connectivity index (χ2v) is 5.82. The monoisotopic (exact) mass is 247 g/mol. The molecule has 18 heavy (non-hydrogen) atoms. The number of likely N-dealkylation sites (N-methyl/N-ethyl adjacent to an activating group) is 1. The molecule has 0 aliphatic rings. The van der Waals surface area contributed by atoms with Gasteiger partial charge < -0.3 is 5.32 Å². The molecule has 1 heteroatoms. The van der Waals surface area contributed by atoms with Crippen LogP contribution in [0.5, 0.6) is 0 Å². The lowest BCUT2D eigenvalue weighted by Crippen LogP contribution is -2.36. The smallest absolute Gasteiger partial charge is 0.00750 e. The maximum absolute atomic E-state index is 3.40. The van der Waals surface area contributed by atoms with Crippen LogP contribution in [0.15, 0.2) is 30.3 Å². The van der Waals surface area contributed by atoms with Crippen molar-refractivity contribution in [3.63, 3.8) is 0 Å². The van der Waals surface area contributed by atoms with Crippen molar-refractivity contribution in [2.24, 2.45) is 5.92 Å². The molecule has 0 aromatic heterocycles. The van der Waals surface area contributed by atoms with Crippen LogP contribution in [0.3, 0.4) is 0 Å². The lowest BCUT2D eigenvalue weighted by atomic mass is 9.74. The molecule has 0 bridgehead atoms. The van der Waals surface area contributed by atoms with Gasteiger partial charge in [0.1, 0.15) is 0 Å². The van der Waals surface area contributed by atoms with Gasteiger partial charge in [-0.3, -0.25) is 0 Å². The molecular weight excluding hydrogens is 218 g/mol. The first-order chi connectivity index (χ1) is 8.64. The minimum Gasteiger partial charge on any atom is -0.319 e. The predicted octanol–water partition coefficient (Wildman–Crippen LogP) is 4.38. The van der Waals surface area contributed by atoms with Gasteiger partial charge in [-0.2, -0.15) is 0 Å². The van der Waals surface area contributed by atoms with Crippen molar-refractivity contribution in [2.75, 3.05) is 13.6 Å². The summed E-state index contributed by atoms with van der Waals surface area (Å²) in [4.78, 5) is 0. The first-order valence-corrected chi connectivity index (χ1v) is 7.34. The Morgan fingerprint density at radius 1 is 1.17 bits per heavy atom. The number of hydrogen-bond acceptors (Lipinski definition) is 1. The van der Waals surface area contributed by atoms with Crippen molar-refractivity contribution in [1.29, 1.82) is 0 Å². The molecule has 0 amide bonds. The summed E-state index contributed by atoms with van der Waals surface area (Å²) in [6.45, 7) is 8.02. The summed E-state index contributed by atoms with van der Waals surface area (Å²) in [5.74, 6) is 0.810. The van der Waals surface area contributed by atoms with Crippen LogP contribution in [0, 0.1) is 5.92 Å². The van der Waals surface area contributed by atoms with Crippen LogP contribution in [-0.2, 0) is 5.41 Å². The van der Waals surface area contributed by atoms with Gasteiger partial charge in [-0.1, -0.05) is 63.9 Å². The Kier molecular flexibility index (Phi) is 6.42. The quantitative estimate of drug-likeness (QED) is 0.719. The molecule has 102 valence electrons. The van der Waals surface area contributed by atoms with Crippen molar-refractivity contribution in [3.8, 4) is 0 Å². The summed E-state index contributed by atoms with van der Waals surface area (Å²) in [5, 5.41) is 3.40. The average molecular weight is 247 g/mol. The first-order valence-electron chi connectivity index (χ1n) is 7.34. The first kappa shape index (κ1) is 15.2. The highest BCUT2D eigenvalue weighted by Crippen LogP contribution is 2.33. The predicted molar refractivity (Wildman–Crippen MR) is 81.0 cm³/mol. The maximum atomic E-state index is 3.40. The SMILES string of the molecule is CCC(CCCC(C)C)(CNC)c1ccccc1. The molecule has 1 aromatic rings. The van der Waals surface area contributed by atoms with E-state index in [9.17, 15) is 0 Å². The molecule has 1 nitrogen and oxygen atoms in total. The average Bonchev–Trinajstić information content (AvgIpc) is 2.38. The Labute approximate surface area is 113 Å². The highest BCUT2D eigenvalue weighted by molar-refractivity contribution is 5.25. The number of hydrogen-bond donors (Lipinski definition) is 1. The van der Waals surface area contributed by atoms with Crippen molar-refractivity contribution in [1.82, 2.24) is 5.32 Å². The fraction of sp³-hybridized carbons (Fsp3) is 0.647. The van der Waals surface area contributed by atoms with Crippen LogP contribution in [0.25, 0.3) is 0 Å². The third-order valence-electron chi connectivity index (χ3n) is 4.01. The van der Waals surface area contributed by atoms with Crippen molar-refractivity contribution in [2.45, 2.75) is 51.9 Å². The molecule has 0 spiro atoms. The standard InChI is InChI=1S/C17H29N/c1-5-17(14-18-4,13-9-10-15(2)3)16-11-7-6-8-12-16/h6-8,11-12,15,18H,5,9-10,13-14H2,1-4H3. The summed E-state index contributed by atoms with van der Waals surface area (Å²) in [5.41, 5.74) is 1.80. The topological polar surface area (TPSA) is 12.0 Å². The molecule has 0 saturated heterocycles. The van der Waals surface area contributed by atoms with Gasteiger partial charge in [-0.05, 0) is 31.4 Å². The molecular formula is C17H29N. The Morgan fingerprint density at radius 3 is 2.33 bits per heavy atom. The highest BCUT2D eigenvalue weighted by Gasteiger charge is 2.28. The molecule has 1 N–H and O–H groups in total. The Bertz CT molecular complexity index is 318. The van der Waals surface area contributed by atoms with Gasteiger partial charge in [0.25, 0.3) is 0 Å². The maximum Gasteiger partial charge on any atom is 0.00750 e. The van der Waals surface area contributed by atoms with Crippen molar-refractivity contribution >= 4 is 0 Å². The number of rotatable bonds is 8. The van der Waals surface area contributed by atoms with Gasteiger partial charge in [-0.25, -0.2) is 0 Å². The van der Waals surface area contributed by atoms with E-state index < -0.39 is 0 Å². The lowest BCUT2D eigenvalue weighted by molar-refractivity contribution is 0.341. The zero-order valence-electron chi connectivity index (χ0n) is 12.5. The Morgan fingerprint density at radius 2 is 1.83 bits per heavy atom. The molecule has 0 saturated carbocycles. The third kappa shape index (κ3) is 4.13. The van der Waals surface area contributed by atoms with Gasteiger partial charge in [0.05, 0.1) is 0 Å². The molecule has 1 atom stereocenters. The van der Waals surface area contributed by atoms with Crippen molar-refractivity contribution in [3.05, 3.63) is 35.9 Å². The van der Waals surface area contributed by atoms with Crippen LogP contribution in [0.2, 0.25) is 0 Å². The number of benzene rings is 1. The van der Waals surface area contributed by atoms with Crippen molar-refractivity contribution < 1.29 is 0 Å². The molecule has 0 aliphatic heterocycles. The number of nitrogens with one attached hydrogen (secondary N) is 1. The normalized spacial score (nSPS) is 14.7. The van der Waals surface area contributed by atoms with E-state index >= 15 is 0 Å². The summed E-state index contributed by atoms with van der Waals surface area (Å²) in [6, 6.07) is 11.0. The van der Waals surface area contributed by atoms with Gasteiger partial charge in [0.15, 0.2) is 0 Å².